The molecule has 0 aromatic carbocycles. The van der Waals surface area contributed by atoms with Crippen molar-refractivity contribution in [2.24, 2.45) is 11.3 Å². The van der Waals surface area contributed by atoms with Gasteiger partial charge in [0.25, 0.3) is 0 Å². The van der Waals surface area contributed by atoms with Gasteiger partial charge in [-0.15, -0.1) is 11.3 Å². The molecule has 0 saturated heterocycles. The molecule has 0 fully saturated rings. The Morgan fingerprint density at radius 1 is 1.33 bits per heavy atom. The molecule has 136 valence electrons. The zero-order valence-corrected chi connectivity index (χ0v) is 16.6. The van der Waals surface area contributed by atoms with Crippen molar-refractivity contribution in [1.82, 2.24) is 9.88 Å². The minimum Gasteiger partial charge on any atom is -0.331 e. The fourth-order valence-electron chi connectivity index (χ4n) is 2.84. The Hall–Kier alpha value is -1.43. The molecule has 1 heterocycles. The summed E-state index contributed by atoms with van der Waals surface area (Å²) in [6.07, 6.45) is 3.93. The molecule has 0 spiro atoms. The molecule has 1 rings (SSSR count). The predicted molar refractivity (Wildman–Crippen MR) is 100 cm³/mol. The van der Waals surface area contributed by atoms with Crippen LogP contribution in [-0.4, -0.2) is 34.3 Å². The second-order valence-corrected chi connectivity index (χ2v) is 8.63. The number of thiazole rings is 1. The second kappa shape index (κ2) is 9.16. The number of nitrogens with one attached hydrogen (secondary N) is 1. The zero-order chi connectivity index (χ0) is 18.3. The predicted octanol–water partition coefficient (Wildman–Crippen LogP) is 4.17. The molecule has 6 heteroatoms. The maximum atomic E-state index is 12.7. The zero-order valence-electron chi connectivity index (χ0n) is 15.8. The van der Waals surface area contributed by atoms with Crippen LogP contribution in [-0.2, 0) is 9.59 Å². The molecule has 0 unspecified atom stereocenters. The van der Waals surface area contributed by atoms with Gasteiger partial charge in [0, 0.05) is 24.0 Å². The van der Waals surface area contributed by atoms with E-state index in [-0.39, 0.29) is 29.8 Å². The highest BCUT2D eigenvalue weighted by molar-refractivity contribution is 7.13. The summed E-state index contributed by atoms with van der Waals surface area (Å²) in [6.45, 7) is 12.8. The van der Waals surface area contributed by atoms with E-state index < -0.39 is 0 Å². The number of amides is 2. The lowest BCUT2D eigenvalue weighted by Crippen LogP contribution is -2.44. The maximum absolute atomic E-state index is 12.7. The molecule has 2 atom stereocenters. The number of hydrogen-bond acceptors (Lipinski definition) is 4. The first kappa shape index (κ1) is 20.6. The van der Waals surface area contributed by atoms with E-state index in [4.69, 9.17) is 0 Å². The van der Waals surface area contributed by atoms with Gasteiger partial charge in [-0.3, -0.25) is 9.59 Å². The maximum Gasteiger partial charge on any atom is 0.245 e. The van der Waals surface area contributed by atoms with Crippen LogP contribution in [0.5, 0.6) is 0 Å². The van der Waals surface area contributed by atoms with Gasteiger partial charge in [0.2, 0.25) is 11.8 Å². The summed E-state index contributed by atoms with van der Waals surface area (Å²) in [7, 11) is 0. The van der Waals surface area contributed by atoms with Crippen LogP contribution in [0, 0.1) is 11.3 Å². The third-order valence-electron chi connectivity index (χ3n) is 3.92. The Morgan fingerprint density at radius 2 is 2.00 bits per heavy atom. The number of hydrogen-bond donors (Lipinski definition) is 1. The van der Waals surface area contributed by atoms with Gasteiger partial charge in [-0.05, 0) is 31.1 Å². The highest BCUT2D eigenvalue weighted by Gasteiger charge is 2.25. The molecule has 1 aromatic rings. The van der Waals surface area contributed by atoms with Crippen LogP contribution in [0.15, 0.2) is 11.6 Å². The van der Waals surface area contributed by atoms with Crippen molar-refractivity contribution < 1.29 is 9.59 Å². The van der Waals surface area contributed by atoms with Crippen molar-refractivity contribution in [2.75, 3.05) is 11.9 Å². The molecule has 0 radical (unpaired) electrons. The van der Waals surface area contributed by atoms with Gasteiger partial charge in [-0.25, -0.2) is 4.98 Å². The number of anilines is 1. The molecule has 0 aliphatic heterocycles. The van der Waals surface area contributed by atoms with Crippen LogP contribution < -0.4 is 5.32 Å². The lowest BCUT2D eigenvalue weighted by atomic mass is 9.84. The number of carbonyl (C=O) groups is 2. The van der Waals surface area contributed by atoms with Gasteiger partial charge >= 0.3 is 0 Å². The van der Waals surface area contributed by atoms with Crippen molar-refractivity contribution in [1.29, 1.82) is 0 Å². The Kier molecular flexibility index (Phi) is 7.87. The Morgan fingerprint density at radius 3 is 2.50 bits per heavy atom. The molecule has 0 aliphatic carbocycles. The van der Waals surface area contributed by atoms with Crippen molar-refractivity contribution in [2.45, 2.75) is 66.8 Å². The van der Waals surface area contributed by atoms with E-state index in [1.54, 1.807) is 16.5 Å². The summed E-state index contributed by atoms with van der Waals surface area (Å²) in [6, 6.07) is 0.0429. The van der Waals surface area contributed by atoms with Gasteiger partial charge in [0.1, 0.15) is 6.54 Å². The van der Waals surface area contributed by atoms with Gasteiger partial charge in [-0.1, -0.05) is 34.6 Å². The lowest BCUT2D eigenvalue weighted by Gasteiger charge is -2.30. The van der Waals surface area contributed by atoms with Gasteiger partial charge in [-0.2, -0.15) is 0 Å². The van der Waals surface area contributed by atoms with E-state index in [1.807, 2.05) is 13.8 Å². The average Bonchev–Trinajstić information content (AvgIpc) is 2.94. The van der Waals surface area contributed by atoms with Gasteiger partial charge in [0.15, 0.2) is 5.13 Å². The normalized spacial score (nSPS) is 14.1. The van der Waals surface area contributed by atoms with Crippen LogP contribution in [0.3, 0.4) is 0 Å². The molecule has 24 heavy (non-hydrogen) atoms. The van der Waals surface area contributed by atoms with Crippen LogP contribution in [0.1, 0.15) is 60.8 Å². The first-order chi connectivity index (χ1) is 11.1. The molecule has 1 N–H and O–H groups in total. The second-order valence-electron chi connectivity index (χ2n) is 7.74. The Balaban J connectivity index is 2.66. The van der Waals surface area contributed by atoms with E-state index in [0.29, 0.717) is 17.5 Å². The molecule has 5 nitrogen and oxygen atoms in total. The van der Waals surface area contributed by atoms with Gasteiger partial charge < -0.3 is 10.2 Å². The first-order valence-electron chi connectivity index (χ1n) is 8.61. The highest BCUT2D eigenvalue weighted by atomic mass is 32.1. The number of nitrogens with zero attached hydrogens (tertiary/aromatic N) is 2. The Bertz CT molecular complexity index is 523. The van der Waals surface area contributed by atoms with Crippen molar-refractivity contribution >= 4 is 28.3 Å². The van der Waals surface area contributed by atoms with Crippen LogP contribution >= 0.6 is 11.3 Å². The van der Waals surface area contributed by atoms with Crippen molar-refractivity contribution in [3.8, 4) is 0 Å². The van der Waals surface area contributed by atoms with E-state index in [0.717, 1.165) is 12.8 Å². The summed E-state index contributed by atoms with van der Waals surface area (Å²) in [5.41, 5.74) is 0.198. The summed E-state index contributed by atoms with van der Waals surface area (Å²) in [5.74, 6) is 0.156. The fraction of sp³-hybridized carbons (Fsp3) is 0.722. The smallest absolute Gasteiger partial charge is 0.245 e. The molecule has 1 aromatic heterocycles. The summed E-state index contributed by atoms with van der Waals surface area (Å²) in [5, 5.41) is 5.13. The quantitative estimate of drug-likeness (QED) is 0.763. The van der Waals surface area contributed by atoms with E-state index >= 15 is 0 Å². The van der Waals surface area contributed by atoms with Crippen molar-refractivity contribution in [3.63, 3.8) is 0 Å². The monoisotopic (exact) mass is 353 g/mol. The SMILES string of the molecule is CC[C@@H](C)N(CC(=O)Nc1nccs1)C(=O)C[C@@H](C)CC(C)(C)C. The minimum absolute atomic E-state index is 0.0429. The van der Waals surface area contributed by atoms with Crippen LogP contribution in [0.4, 0.5) is 5.13 Å². The third kappa shape index (κ3) is 7.43. The lowest BCUT2D eigenvalue weighted by molar-refractivity contribution is -0.137. The van der Waals surface area contributed by atoms with E-state index in [1.165, 1.54) is 11.3 Å². The Labute approximate surface area is 149 Å². The molecule has 0 bridgehead atoms. The molecular weight excluding hydrogens is 322 g/mol. The highest BCUT2D eigenvalue weighted by Crippen LogP contribution is 2.26. The van der Waals surface area contributed by atoms with E-state index in [9.17, 15) is 9.59 Å². The number of carbonyl (C=O) groups excluding carboxylic acids is 2. The van der Waals surface area contributed by atoms with Crippen molar-refractivity contribution in [3.05, 3.63) is 11.6 Å². The standard InChI is InChI=1S/C18H31N3O2S/c1-7-14(3)21(12-15(22)20-17-19-8-9-24-17)16(23)10-13(2)11-18(4,5)6/h8-9,13-14H,7,10-12H2,1-6H3,(H,19,20,22)/t13-,14-/m1/s1. The topological polar surface area (TPSA) is 62.3 Å². The summed E-state index contributed by atoms with van der Waals surface area (Å²) < 4.78 is 0. The minimum atomic E-state index is -0.193. The van der Waals surface area contributed by atoms with Gasteiger partial charge in [0.05, 0.1) is 0 Å². The van der Waals surface area contributed by atoms with E-state index in [2.05, 4.69) is 38.0 Å². The fourth-order valence-corrected chi connectivity index (χ4v) is 3.39. The molecule has 2 amide bonds. The third-order valence-corrected chi connectivity index (χ3v) is 4.61. The van der Waals surface area contributed by atoms with Crippen LogP contribution in [0.25, 0.3) is 0 Å². The molecule has 0 aliphatic rings. The summed E-state index contributed by atoms with van der Waals surface area (Å²) >= 11 is 1.37. The molecular formula is C18H31N3O2S. The largest absolute Gasteiger partial charge is 0.331 e. The first-order valence-corrected chi connectivity index (χ1v) is 9.49. The number of rotatable bonds is 8. The molecule has 0 saturated carbocycles. The number of aromatic nitrogens is 1. The summed E-state index contributed by atoms with van der Waals surface area (Å²) in [4.78, 5) is 30.7. The van der Waals surface area contributed by atoms with Crippen LogP contribution in [0.2, 0.25) is 0 Å². The average molecular weight is 354 g/mol.